The molecule has 22 heavy (non-hydrogen) atoms. The normalized spacial score (nSPS) is 10.4. The Morgan fingerprint density at radius 1 is 1.09 bits per heavy atom. The number of hydrogen-bond donors (Lipinski definition) is 3. The third kappa shape index (κ3) is 7.64. The zero-order chi connectivity index (χ0) is 16.4. The van der Waals surface area contributed by atoms with Crippen LogP contribution in [0.1, 0.15) is 20.3 Å². The average Bonchev–Trinajstić information content (AvgIpc) is 2.46. The van der Waals surface area contributed by atoms with E-state index in [0.29, 0.717) is 25.5 Å². The topological polar surface area (TPSA) is 79.5 Å². The summed E-state index contributed by atoms with van der Waals surface area (Å²) in [6.07, 6.45) is 0.502. The van der Waals surface area contributed by atoms with Crippen molar-refractivity contribution in [1.29, 1.82) is 0 Å². The molecule has 0 aliphatic heterocycles. The van der Waals surface area contributed by atoms with Gasteiger partial charge < -0.3 is 20.7 Å². The van der Waals surface area contributed by atoms with Gasteiger partial charge in [-0.25, -0.2) is 0 Å². The molecule has 6 heteroatoms. The third-order valence-corrected chi connectivity index (χ3v) is 2.84. The molecule has 0 atom stereocenters. The van der Waals surface area contributed by atoms with Crippen molar-refractivity contribution in [2.45, 2.75) is 20.3 Å². The van der Waals surface area contributed by atoms with Gasteiger partial charge in [0, 0.05) is 31.5 Å². The van der Waals surface area contributed by atoms with Crippen molar-refractivity contribution in [3.63, 3.8) is 0 Å². The molecule has 0 aromatic heterocycles. The van der Waals surface area contributed by atoms with Gasteiger partial charge in [0.15, 0.2) is 0 Å². The molecule has 3 N–H and O–H groups in total. The smallest absolute Gasteiger partial charge is 0.239 e. The highest BCUT2D eigenvalue weighted by Gasteiger charge is 2.05. The summed E-state index contributed by atoms with van der Waals surface area (Å²) in [4.78, 5) is 23.2. The Kier molecular flexibility index (Phi) is 7.99. The van der Waals surface area contributed by atoms with Gasteiger partial charge >= 0.3 is 0 Å². The van der Waals surface area contributed by atoms with Crippen LogP contribution in [0.15, 0.2) is 24.3 Å². The molecular formula is C16H25N3O3. The highest BCUT2D eigenvalue weighted by Crippen LogP contribution is 2.14. The summed E-state index contributed by atoms with van der Waals surface area (Å²) in [5.41, 5.74) is 1.57. The van der Waals surface area contributed by atoms with Crippen LogP contribution in [0.4, 0.5) is 11.4 Å². The number of benzene rings is 1. The number of carbonyl (C=O) groups is 2. The summed E-state index contributed by atoms with van der Waals surface area (Å²) < 4.78 is 4.85. The van der Waals surface area contributed by atoms with E-state index in [9.17, 15) is 9.59 Å². The SMILES string of the molecule is COCCNC(=O)CNc1ccc(NC(=O)CC(C)C)cc1. The van der Waals surface area contributed by atoms with Crippen molar-refractivity contribution in [3.05, 3.63) is 24.3 Å². The van der Waals surface area contributed by atoms with Crippen molar-refractivity contribution < 1.29 is 14.3 Å². The zero-order valence-electron chi connectivity index (χ0n) is 13.4. The Hall–Kier alpha value is -2.08. The van der Waals surface area contributed by atoms with Gasteiger partial charge in [-0.3, -0.25) is 9.59 Å². The number of nitrogens with one attached hydrogen (secondary N) is 3. The van der Waals surface area contributed by atoms with Crippen molar-refractivity contribution in [2.75, 3.05) is 37.4 Å². The molecular weight excluding hydrogens is 282 g/mol. The molecule has 0 saturated heterocycles. The van der Waals surface area contributed by atoms with Crippen LogP contribution in [0.3, 0.4) is 0 Å². The predicted octanol–water partition coefficient (Wildman–Crippen LogP) is 1.85. The van der Waals surface area contributed by atoms with Gasteiger partial charge in [-0.1, -0.05) is 13.8 Å². The van der Waals surface area contributed by atoms with Crippen LogP contribution < -0.4 is 16.0 Å². The second kappa shape index (κ2) is 9.78. The monoisotopic (exact) mass is 307 g/mol. The first-order chi connectivity index (χ1) is 10.5. The lowest BCUT2D eigenvalue weighted by Gasteiger charge is -2.10. The molecule has 6 nitrogen and oxygen atoms in total. The van der Waals surface area contributed by atoms with E-state index >= 15 is 0 Å². The minimum absolute atomic E-state index is 0.00762. The fourth-order valence-electron chi connectivity index (χ4n) is 1.79. The molecule has 1 aromatic carbocycles. The van der Waals surface area contributed by atoms with Crippen molar-refractivity contribution in [2.24, 2.45) is 5.92 Å². The minimum Gasteiger partial charge on any atom is -0.383 e. The maximum Gasteiger partial charge on any atom is 0.239 e. The van der Waals surface area contributed by atoms with Gasteiger partial charge in [-0.15, -0.1) is 0 Å². The summed E-state index contributed by atoms with van der Waals surface area (Å²) in [7, 11) is 1.59. The number of hydrogen-bond acceptors (Lipinski definition) is 4. The molecule has 0 radical (unpaired) electrons. The standard InChI is InChI=1S/C16H25N3O3/c1-12(2)10-15(20)19-14-6-4-13(5-7-14)18-11-16(21)17-8-9-22-3/h4-7,12,18H,8-11H2,1-3H3,(H,17,21)(H,19,20). The predicted molar refractivity (Wildman–Crippen MR) is 87.9 cm³/mol. The van der Waals surface area contributed by atoms with E-state index in [4.69, 9.17) is 4.74 Å². The molecule has 0 aliphatic rings. The van der Waals surface area contributed by atoms with Gasteiger partial charge in [-0.2, -0.15) is 0 Å². The molecule has 0 bridgehead atoms. The quantitative estimate of drug-likeness (QED) is 0.608. The maximum absolute atomic E-state index is 11.7. The number of ether oxygens (including phenoxy) is 1. The first-order valence-corrected chi connectivity index (χ1v) is 7.40. The van der Waals surface area contributed by atoms with Crippen LogP contribution in [-0.2, 0) is 14.3 Å². The molecule has 1 aromatic rings. The van der Waals surface area contributed by atoms with Gasteiger partial charge in [0.05, 0.1) is 13.2 Å². The number of anilines is 2. The molecule has 0 fully saturated rings. The fraction of sp³-hybridized carbons (Fsp3) is 0.500. The first kappa shape index (κ1) is 18.0. The van der Waals surface area contributed by atoms with E-state index in [0.717, 1.165) is 11.4 Å². The lowest BCUT2D eigenvalue weighted by Crippen LogP contribution is -2.32. The first-order valence-electron chi connectivity index (χ1n) is 7.40. The highest BCUT2D eigenvalue weighted by molar-refractivity contribution is 5.91. The van der Waals surface area contributed by atoms with Gasteiger partial charge in [0.25, 0.3) is 0 Å². The number of amides is 2. The maximum atomic E-state index is 11.7. The lowest BCUT2D eigenvalue weighted by molar-refractivity contribution is -0.119. The highest BCUT2D eigenvalue weighted by atomic mass is 16.5. The number of methoxy groups -OCH3 is 1. The number of rotatable bonds is 9. The van der Waals surface area contributed by atoms with E-state index in [2.05, 4.69) is 16.0 Å². The fourth-order valence-corrected chi connectivity index (χ4v) is 1.79. The van der Waals surface area contributed by atoms with E-state index in [1.165, 1.54) is 0 Å². The van der Waals surface area contributed by atoms with Crippen molar-refractivity contribution in [3.8, 4) is 0 Å². The van der Waals surface area contributed by atoms with Crippen LogP contribution in [0.2, 0.25) is 0 Å². The Morgan fingerprint density at radius 3 is 2.32 bits per heavy atom. The zero-order valence-corrected chi connectivity index (χ0v) is 13.4. The van der Waals surface area contributed by atoms with Crippen molar-refractivity contribution in [1.82, 2.24) is 5.32 Å². The van der Waals surface area contributed by atoms with E-state index in [-0.39, 0.29) is 18.4 Å². The molecule has 122 valence electrons. The van der Waals surface area contributed by atoms with Gasteiger partial charge in [0.2, 0.25) is 11.8 Å². The van der Waals surface area contributed by atoms with Crippen LogP contribution in [0, 0.1) is 5.92 Å². The van der Waals surface area contributed by atoms with Crippen LogP contribution in [0.5, 0.6) is 0 Å². The molecule has 0 heterocycles. The van der Waals surface area contributed by atoms with Crippen LogP contribution in [-0.4, -0.2) is 38.6 Å². The second-order valence-corrected chi connectivity index (χ2v) is 5.42. The van der Waals surface area contributed by atoms with Gasteiger partial charge in [0.1, 0.15) is 0 Å². The van der Waals surface area contributed by atoms with E-state index in [1.54, 1.807) is 7.11 Å². The summed E-state index contributed by atoms with van der Waals surface area (Å²) in [6.45, 7) is 5.20. The molecule has 1 rings (SSSR count). The molecule has 0 spiro atoms. The Labute approximate surface area is 131 Å². The molecule has 0 saturated carbocycles. The second-order valence-electron chi connectivity index (χ2n) is 5.42. The minimum atomic E-state index is -0.0913. The lowest BCUT2D eigenvalue weighted by atomic mass is 10.1. The summed E-state index contributed by atoms with van der Waals surface area (Å²) in [5, 5.41) is 8.58. The molecule has 0 aliphatic carbocycles. The summed E-state index contributed by atoms with van der Waals surface area (Å²) >= 11 is 0. The summed E-state index contributed by atoms with van der Waals surface area (Å²) in [6, 6.07) is 7.27. The number of carbonyl (C=O) groups excluding carboxylic acids is 2. The van der Waals surface area contributed by atoms with E-state index < -0.39 is 0 Å². The van der Waals surface area contributed by atoms with Gasteiger partial charge in [-0.05, 0) is 30.2 Å². The van der Waals surface area contributed by atoms with E-state index in [1.807, 2.05) is 38.1 Å². The van der Waals surface area contributed by atoms with Crippen LogP contribution >= 0.6 is 0 Å². The largest absolute Gasteiger partial charge is 0.383 e. The third-order valence-electron chi connectivity index (χ3n) is 2.84. The summed E-state index contributed by atoms with van der Waals surface area (Å²) in [5.74, 6) is 0.247. The van der Waals surface area contributed by atoms with Crippen LogP contribution in [0.25, 0.3) is 0 Å². The Balaban J connectivity index is 2.35. The molecule has 2 amide bonds. The average molecular weight is 307 g/mol. The van der Waals surface area contributed by atoms with Crippen molar-refractivity contribution >= 4 is 23.2 Å². The molecule has 0 unspecified atom stereocenters. The Bertz CT molecular complexity index is 472. The Morgan fingerprint density at radius 2 is 1.73 bits per heavy atom.